The first-order valence-corrected chi connectivity index (χ1v) is 5.57. The number of carbonyl (C=O) groups excluding carboxylic acids is 2. The Kier molecular flexibility index (Phi) is 3.99. The van der Waals surface area contributed by atoms with Crippen LogP contribution < -0.4 is 10.9 Å². The topological polar surface area (TPSA) is 108 Å². The number of aromatic nitrogens is 2. The monoisotopic (exact) mass is 267 g/mol. The molecule has 2 aromatic rings. The van der Waals surface area contributed by atoms with E-state index in [0.717, 1.165) is 0 Å². The summed E-state index contributed by atoms with van der Waals surface area (Å²) in [6.07, 6.45) is 4.29. The maximum absolute atomic E-state index is 11.8. The van der Waals surface area contributed by atoms with Crippen LogP contribution in [0.3, 0.4) is 0 Å². The molecule has 0 radical (unpaired) electrons. The number of rotatable bonds is 2. The molecule has 0 spiro atoms. The van der Waals surface area contributed by atoms with E-state index in [9.17, 15) is 9.59 Å². The number of nitrogens with zero attached hydrogens (tertiary/aromatic N) is 3. The predicted molar refractivity (Wildman–Crippen MR) is 68.1 cm³/mol. The number of amides is 2. The molecular formula is C13H9N5O2. The molecule has 0 saturated heterocycles. The van der Waals surface area contributed by atoms with Crippen LogP contribution in [0.4, 0.5) is 0 Å². The first-order valence-electron chi connectivity index (χ1n) is 5.57. The highest BCUT2D eigenvalue weighted by Gasteiger charge is 2.09. The van der Waals surface area contributed by atoms with Gasteiger partial charge in [0.1, 0.15) is 11.8 Å². The molecule has 2 rings (SSSR count). The molecule has 0 fully saturated rings. The van der Waals surface area contributed by atoms with Crippen LogP contribution in [-0.2, 0) is 0 Å². The van der Waals surface area contributed by atoms with Crippen molar-refractivity contribution < 1.29 is 9.59 Å². The minimum absolute atomic E-state index is 0.123. The molecule has 0 aliphatic rings. The lowest BCUT2D eigenvalue weighted by Gasteiger charge is -2.07. The number of pyridine rings is 2. The average Bonchev–Trinajstić information content (AvgIpc) is 2.53. The van der Waals surface area contributed by atoms with Crippen molar-refractivity contribution in [1.29, 1.82) is 5.26 Å². The Hall–Kier alpha value is -3.27. The van der Waals surface area contributed by atoms with E-state index in [1.165, 1.54) is 42.9 Å². The van der Waals surface area contributed by atoms with Crippen molar-refractivity contribution in [2.24, 2.45) is 0 Å². The molecule has 2 amide bonds. The molecule has 0 aliphatic carbocycles. The second-order valence-corrected chi connectivity index (χ2v) is 3.69. The van der Waals surface area contributed by atoms with Crippen molar-refractivity contribution in [3.05, 3.63) is 59.7 Å². The highest BCUT2D eigenvalue weighted by atomic mass is 16.2. The molecule has 0 bridgehead atoms. The number of hydrogen-bond acceptors (Lipinski definition) is 5. The van der Waals surface area contributed by atoms with Crippen molar-refractivity contribution in [2.75, 3.05) is 0 Å². The van der Waals surface area contributed by atoms with Crippen LogP contribution in [0.25, 0.3) is 0 Å². The van der Waals surface area contributed by atoms with Crippen molar-refractivity contribution in [1.82, 2.24) is 20.8 Å². The van der Waals surface area contributed by atoms with Gasteiger partial charge in [-0.3, -0.25) is 25.4 Å². The molecule has 0 aromatic carbocycles. The minimum Gasteiger partial charge on any atom is -0.267 e. The first-order chi connectivity index (χ1) is 9.70. The van der Waals surface area contributed by atoms with Gasteiger partial charge < -0.3 is 0 Å². The summed E-state index contributed by atoms with van der Waals surface area (Å²) in [4.78, 5) is 31.0. The van der Waals surface area contributed by atoms with Crippen LogP contribution in [-0.4, -0.2) is 21.8 Å². The van der Waals surface area contributed by atoms with Gasteiger partial charge in [-0.05, 0) is 24.3 Å². The molecular weight excluding hydrogens is 258 g/mol. The van der Waals surface area contributed by atoms with E-state index in [-0.39, 0.29) is 11.3 Å². The number of carbonyl (C=O) groups is 2. The van der Waals surface area contributed by atoms with E-state index in [1.54, 1.807) is 0 Å². The van der Waals surface area contributed by atoms with E-state index < -0.39 is 11.8 Å². The van der Waals surface area contributed by atoms with Gasteiger partial charge in [0.25, 0.3) is 11.8 Å². The predicted octanol–water partition coefficient (Wildman–Crippen LogP) is 0.423. The molecule has 7 nitrogen and oxygen atoms in total. The quantitative estimate of drug-likeness (QED) is 0.767. The van der Waals surface area contributed by atoms with Crippen LogP contribution in [0.5, 0.6) is 0 Å². The summed E-state index contributed by atoms with van der Waals surface area (Å²) in [7, 11) is 0. The number of nitriles is 1. The Morgan fingerprint density at radius 2 is 1.60 bits per heavy atom. The van der Waals surface area contributed by atoms with Crippen LogP contribution in [0.1, 0.15) is 26.4 Å². The Morgan fingerprint density at radius 3 is 2.25 bits per heavy atom. The maximum Gasteiger partial charge on any atom is 0.269 e. The van der Waals surface area contributed by atoms with Gasteiger partial charge in [0, 0.05) is 29.7 Å². The zero-order valence-corrected chi connectivity index (χ0v) is 10.2. The fraction of sp³-hybridized carbons (Fsp3) is 0. The second kappa shape index (κ2) is 6.06. The third-order valence-corrected chi connectivity index (χ3v) is 2.37. The van der Waals surface area contributed by atoms with Gasteiger partial charge in [0.15, 0.2) is 0 Å². The summed E-state index contributed by atoms with van der Waals surface area (Å²) < 4.78 is 0. The number of hydrazine groups is 1. The van der Waals surface area contributed by atoms with Crippen molar-refractivity contribution in [3.8, 4) is 6.07 Å². The highest BCUT2D eigenvalue weighted by molar-refractivity contribution is 5.99. The molecule has 2 heterocycles. The summed E-state index contributed by atoms with van der Waals surface area (Å²) in [5.41, 5.74) is 5.24. The van der Waals surface area contributed by atoms with Gasteiger partial charge in [0.05, 0.1) is 0 Å². The lowest BCUT2D eigenvalue weighted by molar-refractivity contribution is 0.0846. The first kappa shape index (κ1) is 13.2. The lowest BCUT2D eigenvalue weighted by atomic mass is 10.2. The van der Waals surface area contributed by atoms with Crippen molar-refractivity contribution in [2.45, 2.75) is 0 Å². The SMILES string of the molecule is N#Cc1cc(C(=O)NNC(=O)c2ccncc2)ccn1. The van der Waals surface area contributed by atoms with Gasteiger partial charge >= 0.3 is 0 Å². The summed E-state index contributed by atoms with van der Waals surface area (Å²) >= 11 is 0. The van der Waals surface area contributed by atoms with Crippen LogP contribution >= 0.6 is 0 Å². The minimum atomic E-state index is -0.536. The van der Waals surface area contributed by atoms with E-state index in [0.29, 0.717) is 5.56 Å². The second-order valence-electron chi connectivity index (χ2n) is 3.69. The van der Waals surface area contributed by atoms with Gasteiger partial charge in [-0.1, -0.05) is 0 Å². The average molecular weight is 267 g/mol. The fourth-order valence-corrected chi connectivity index (χ4v) is 1.39. The van der Waals surface area contributed by atoms with Gasteiger partial charge in [0.2, 0.25) is 0 Å². The van der Waals surface area contributed by atoms with Gasteiger partial charge in [-0.25, -0.2) is 4.98 Å². The summed E-state index contributed by atoms with van der Waals surface area (Å²) in [6.45, 7) is 0. The summed E-state index contributed by atoms with van der Waals surface area (Å²) in [5, 5.41) is 8.69. The molecule has 0 aliphatic heterocycles. The van der Waals surface area contributed by atoms with E-state index in [4.69, 9.17) is 5.26 Å². The summed E-state index contributed by atoms with van der Waals surface area (Å²) in [6, 6.07) is 7.63. The van der Waals surface area contributed by atoms with Crippen molar-refractivity contribution in [3.63, 3.8) is 0 Å². The smallest absolute Gasteiger partial charge is 0.267 e. The zero-order chi connectivity index (χ0) is 14.4. The third kappa shape index (κ3) is 3.14. The number of nitrogens with one attached hydrogen (secondary N) is 2. The van der Waals surface area contributed by atoms with E-state index in [1.807, 2.05) is 6.07 Å². The molecule has 0 unspecified atom stereocenters. The van der Waals surface area contributed by atoms with E-state index >= 15 is 0 Å². The largest absolute Gasteiger partial charge is 0.269 e. The number of hydrogen-bond donors (Lipinski definition) is 2. The molecule has 0 saturated carbocycles. The molecule has 98 valence electrons. The molecule has 20 heavy (non-hydrogen) atoms. The van der Waals surface area contributed by atoms with Crippen LogP contribution in [0.2, 0.25) is 0 Å². The van der Waals surface area contributed by atoms with Crippen LogP contribution in [0.15, 0.2) is 42.9 Å². The Labute approximate surface area is 114 Å². The van der Waals surface area contributed by atoms with Gasteiger partial charge in [-0.15, -0.1) is 0 Å². The lowest BCUT2D eigenvalue weighted by Crippen LogP contribution is -2.41. The summed E-state index contributed by atoms with van der Waals surface area (Å²) in [5.74, 6) is -0.999. The van der Waals surface area contributed by atoms with Gasteiger partial charge in [-0.2, -0.15) is 5.26 Å². The molecule has 2 N–H and O–H groups in total. The Bertz CT molecular complexity index is 679. The normalized spacial score (nSPS) is 9.35. The maximum atomic E-state index is 11.8. The third-order valence-electron chi connectivity index (χ3n) is 2.37. The van der Waals surface area contributed by atoms with Crippen LogP contribution in [0, 0.1) is 11.3 Å². The Balaban J connectivity index is 1.99. The van der Waals surface area contributed by atoms with E-state index in [2.05, 4.69) is 20.8 Å². The standard InChI is InChI=1S/C13H9N5O2/c14-8-11-7-10(3-6-16-11)13(20)18-17-12(19)9-1-4-15-5-2-9/h1-7H,(H,17,19)(H,18,20). The Morgan fingerprint density at radius 1 is 1.00 bits per heavy atom. The molecule has 0 atom stereocenters. The molecule has 7 heteroatoms. The zero-order valence-electron chi connectivity index (χ0n) is 10.2. The van der Waals surface area contributed by atoms with Crippen molar-refractivity contribution >= 4 is 11.8 Å². The molecule has 2 aromatic heterocycles. The fourth-order valence-electron chi connectivity index (χ4n) is 1.39. The highest BCUT2D eigenvalue weighted by Crippen LogP contribution is 2.00.